The number of carboxylic acids is 1. The molecule has 1 aliphatic heterocycles. The highest BCUT2D eigenvalue weighted by atomic mass is 35.5. The monoisotopic (exact) mass is 179 g/mol. The van der Waals surface area contributed by atoms with E-state index in [4.69, 9.17) is 5.11 Å². The van der Waals surface area contributed by atoms with E-state index in [2.05, 4.69) is 5.32 Å². The summed E-state index contributed by atoms with van der Waals surface area (Å²) in [5, 5.41) is 11.1. The predicted molar refractivity (Wildman–Crippen MR) is 40.9 cm³/mol. The Labute approximate surface area is 70.4 Å². The SMILES string of the molecule is Cl.O=C1CCC(C(=O)O)NC1. The zero-order valence-electron chi connectivity index (χ0n) is 5.87. The summed E-state index contributed by atoms with van der Waals surface area (Å²) in [6, 6.07) is -0.516. The molecule has 2 N–H and O–H groups in total. The average Bonchev–Trinajstić information content (AvgIpc) is 1.88. The van der Waals surface area contributed by atoms with E-state index in [1.54, 1.807) is 0 Å². The Morgan fingerprint density at radius 3 is 2.64 bits per heavy atom. The van der Waals surface area contributed by atoms with Gasteiger partial charge in [0.25, 0.3) is 0 Å². The van der Waals surface area contributed by atoms with Gasteiger partial charge in [0.1, 0.15) is 11.8 Å². The van der Waals surface area contributed by atoms with Gasteiger partial charge in [0.05, 0.1) is 6.54 Å². The quantitative estimate of drug-likeness (QED) is 0.586. The summed E-state index contributed by atoms with van der Waals surface area (Å²) in [5.74, 6) is -0.773. The molecule has 0 bridgehead atoms. The van der Waals surface area contributed by atoms with Gasteiger partial charge in [0, 0.05) is 6.42 Å². The van der Waals surface area contributed by atoms with Crippen LogP contribution in [0.2, 0.25) is 0 Å². The number of hydrogen-bond donors (Lipinski definition) is 2. The third kappa shape index (κ3) is 2.86. The summed E-state index contributed by atoms with van der Waals surface area (Å²) in [6.07, 6.45) is 0.818. The van der Waals surface area contributed by atoms with Crippen molar-refractivity contribution in [3.8, 4) is 0 Å². The number of Topliss-reactive ketones (excluding diaryl/α,β-unsaturated/α-hetero) is 1. The van der Waals surface area contributed by atoms with Gasteiger partial charge in [-0.15, -0.1) is 12.4 Å². The van der Waals surface area contributed by atoms with Crippen molar-refractivity contribution in [3.63, 3.8) is 0 Å². The van der Waals surface area contributed by atoms with Crippen molar-refractivity contribution in [2.75, 3.05) is 6.54 Å². The molecular weight excluding hydrogens is 170 g/mol. The minimum absolute atomic E-state index is 0. The summed E-state index contributed by atoms with van der Waals surface area (Å²) in [4.78, 5) is 20.9. The lowest BCUT2D eigenvalue weighted by Crippen LogP contribution is -2.44. The average molecular weight is 180 g/mol. The fourth-order valence-corrected chi connectivity index (χ4v) is 0.944. The molecule has 1 aliphatic rings. The first-order valence-corrected chi connectivity index (χ1v) is 3.18. The van der Waals surface area contributed by atoms with Crippen molar-refractivity contribution in [3.05, 3.63) is 0 Å². The van der Waals surface area contributed by atoms with Crippen LogP contribution in [0, 0.1) is 0 Å². The third-order valence-electron chi connectivity index (χ3n) is 1.56. The van der Waals surface area contributed by atoms with Gasteiger partial charge < -0.3 is 5.11 Å². The van der Waals surface area contributed by atoms with Crippen molar-refractivity contribution >= 4 is 24.2 Å². The van der Waals surface area contributed by atoms with Gasteiger partial charge in [0.2, 0.25) is 0 Å². The molecule has 0 aromatic heterocycles. The lowest BCUT2D eigenvalue weighted by atomic mass is 10.0. The van der Waals surface area contributed by atoms with Crippen LogP contribution in [0.3, 0.4) is 0 Å². The second-order valence-corrected chi connectivity index (χ2v) is 2.35. The molecule has 4 nitrogen and oxygen atoms in total. The van der Waals surface area contributed by atoms with Crippen LogP contribution >= 0.6 is 12.4 Å². The molecule has 64 valence electrons. The first-order valence-electron chi connectivity index (χ1n) is 3.18. The molecule has 0 saturated carbocycles. The van der Waals surface area contributed by atoms with Gasteiger partial charge in [-0.1, -0.05) is 0 Å². The summed E-state index contributed by atoms with van der Waals surface area (Å²) in [7, 11) is 0. The molecule has 0 aromatic rings. The Bertz CT molecular complexity index is 161. The Balaban J connectivity index is 0.000001000. The molecule has 1 atom stereocenters. The number of carboxylic acid groups (broad SMARTS) is 1. The number of carbonyl (C=O) groups excluding carboxylic acids is 1. The van der Waals surface area contributed by atoms with Crippen LogP contribution in [-0.4, -0.2) is 29.4 Å². The van der Waals surface area contributed by atoms with E-state index < -0.39 is 12.0 Å². The molecule has 11 heavy (non-hydrogen) atoms. The van der Waals surface area contributed by atoms with E-state index in [9.17, 15) is 9.59 Å². The minimum atomic E-state index is -0.868. The molecular formula is C6H10ClNO3. The van der Waals surface area contributed by atoms with Crippen LogP contribution in [0.1, 0.15) is 12.8 Å². The summed E-state index contributed by atoms with van der Waals surface area (Å²) in [6.45, 7) is 0.205. The van der Waals surface area contributed by atoms with Crippen LogP contribution < -0.4 is 5.32 Å². The van der Waals surface area contributed by atoms with Crippen molar-refractivity contribution in [2.45, 2.75) is 18.9 Å². The largest absolute Gasteiger partial charge is 0.480 e. The van der Waals surface area contributed by atoms with Gasteiger partial charge in [-0.3, -0.25) is 14.9 Å². The number of aliphatic carboxylic acids is 1. The zero-order valence-corrected chi connectivity index (χ0v) is 6.69. The van der Waals surface area contributed by atoms with E-state index in [0.717, 1.165) is 0 Å². The molecule has 0 aliphatic carbocycles. The summed E-state index contributed by atoms with van der Waals surface area (Å²) < 4.78 is 0. The van der Waals surface area contributed by atoms with Gasteiger partial charge in [-0.2, -0.15) is 0 Å². The fourth-order valence-electron chi connectivity index (χ4n) is 0.944. The van der Waals surface area contributed by atoms with Gasteiger partial charge in [0.15, 0.2) is 0 Å². The van der Waals surface area contributed by atoms with E-state index in [-0.39, 0.29) is 24.7 Å². The number of piperidine rings is 1. The third-order valence-corrected chi connectivity index (χ3v) is 1.56. The van der Waals surface area contributed by atoms with Crippen molar-refractivity contribution < 1.29 is 14.7 Å². The maximum Gasteiger partial charge on any atom is 0.320 e. The van der Waals surface area contributed by atoms with E-state index in [1.165, 1.54) is 0 Å². The fraction of sp³-hybridized carbons (Fsp3) is 0.667. The highest BCUT2D eigenvalue weighted by molar-refractivity contribution is 5.85. The number of ketones is 1. The Hall–Kier alpha value is -0.610. The Kier molecular flexibility index (Phi) is 4.07. The number of nitrogens with one attached hydrogen (secondary N) is 1. The molecule has 0 spiro atoms. The van der Waals surface area contributed by atoms with E-state index >= 15 is 0 Å². The maximum absolute atomic E-state index is 10.6. The summed E-state index contributed by atoms with van der Waals surface area (Å²) >= 11 is 0. The number of hydrogen-bond acceptors (Lipinski definition) is 3. The molecule has 5 heteroatoms. The second kappa shape index (κ2) is 4.31. The first-order chi connectivity index (χ1) is 4.70. The molecule has 0 amide bonds. The van der Waals surface area contributed by atoms with Gasteiger partial charge in [-0.25, -0.2) is 0 Å². The van der Waals surface area contributed by atoms with Crippen LogP contribution in [0.15, 0.2) is 0 Å². The lowest BCUT2D eigenvalue weighted by Gasteiger charge is -2.17. The van der Waals surface area contributed by atoms with E-state index in [0.29, 0.717) is 12.8 Å². The molecule has 1 heterocycles. The molecule has 1 fully saturated rings. The zero-order chi connectivity index (χ0) is 7.56. The smallest absolute Gasteiger partial charge is 0.320 e. The molecule has 1 saturated heterocycles. The topological polar surface area (TPSA) is 66.4 Å². The maximum atomic E-state index is 10.6. The van der Waals surface area contributed by atoms with E-state index in [1.807, 2.05) is 0 Å². The molecule has 0 aromatic carbocycles. The highest BCUT2D eigenvalue weighted by Gasteiger charge is 2.22. The molecule has 1 rings (SSSR count). The van der Waals surface area contributed by atoms with Crippen LogP contribution in [0.5, 0.6) is 0 Å². The minimum Gasteiger partial charge on any atom is -0.480 e. The van der Waals surface area contributed by atoms with Crippen molar-refractivity contribution in [1.82, 2.24) is 5.32 Å². The van der Waals surface area contributed by atoms with Crippen molar-refractivity contribution in [1.29, 1.82) is 0 Å². The Morgan fingerprint density at radius 1 is 1.64 bits per heavy atom. The standard InChI is InChI=1S/C6H9NO3.ClH/c8-4-1-2-5(6(9)10)7-3-4;/h5,7H,1-3H2,(H,9,10);1H. The number of carbonyl (C=O) groups is 2. The first kappa shape index (κ1) is 10.4. The second-order valence-electron chi connectivity index (χ2n) is 2.35. The Morgan fingerprint density at radius 2 is 2.27 bits per heavy atom. The van der Waals surface area contributed by atoms with Crippen molar-refractivity contribution in [2.24, 2.45) is 0 Å². The number of halogens is 1. The molecule has 0 radical (unpaired) electrons. The van der Waals surface area contributed by atoms with Crippen LogP contribution in [0.4, 0.5) is 0 Å². The summed E-state index contributed by atoms with van der Waals surface area (Å²) in [5.41, 5.74) is 0. The highest BCUT2D eigenvalue weighted by Crippen LogP contribution is 2.03. The van der Waals surface area contributed by atoms with Gasteiger partial charge in [-0.05, 0) is 6.42 Å². The molecule has 1 unspecified atom stereocenters. The lowest BCUT2D eigenvalue weighted by molar-refractivity contribution is -0.140. The number of rotatable bonds is 1. The normalized spacial score (nSPS) is 24.0. The van der Waals surface area contributed by atoms with Crippen LogP contribution in [-0.2, 0) is 9.59 Å². The van der Waals surface area contributed by atoms with Crippen LogP contribution in [0.25, 0.3) is 0 Å². The van der Waals surface area contributed by atoms with Gasteiger partial charge >= 0.3 is 5.97 Å². The predicted octanol–water partition coefficient (Wildman–Crippen LogP) is -0.186.